The Labute approximate surface area is 152 Å². The fourth-order valence-corrected chi connectivity index (χ4v) is 2.50. The molecule has 1 heterocycles. The lowest BCUT2D eigenvalue weighted by Gasteiger charge is -2.14. The Morgan fingerprint density at radius 2 is 2.08 bits per heavy atom. The summed E-state index contributed by atoms with van der Waals surface area (Å²) in [4.78, 5) is 28.1. The number of ether oxygens (including phenoxy) is 2. The minimum atomic E-state index is -1.00. The first-order valence-electron chi connectivity index (χ1n) is 6.88. The standard InChI is InChI=1S/C16H14BrClN2O4/c1-9(15(21)20-12-4-3-7-19-14(12)18)24-16(22)10-5-6-13(23-2)11(17)8-10/h3-9H,1-2H3,(H,20,21). The zero-order chi connectivity index (χ0) is 17.7. The number of nitrogens with zero attached hydrogens (tertiary/aromatic N) is 1. The van der Waals surface area contributed by atoms with Gasteiger partial charge in [0.25, 0.3) is 5.91 Å². The highest BCUT2D eigenvalue weighted by Crippen LogP contribution is 2.26. The molecule has 24 heavy (non-hydrogen) atoms. The molecule has 126 valence electrons. The van der Waals surface area contributed by atoms with Crippen molar-refractivity contribution in [3.8, 4) is 5.75 Å². The topological polar surface area (TPSA) is 77.5 Å². The van der Waals surface area contributed by atoms with E-state index in [0.717, 1.165) is 0 Å². The summed E-state index contributed by atoms with van der Waals surface area (Å²) in [6, 6.07) is 7.97. The predicted molar refractivity (Wildman–Crippen MR) is 93.4 cm³/mol. The highest BCUT2D eigenvalue weighted by Gasteiger charge is 2.20. The lowest BCUT2D eigenvalue weighted by Crippen LogP contribution is -2.30. The molecular formula is C16H14BrClN2O4. The zero-order valence-corrected chi connectivity index (χ0v) is 15.2. The molecule has 2 aromatic rings. The Morgan fingerprint density at radius 3 is 2.71 bits per heavy atom. The summed E-state index contributed by atoms with van der Waals surface area (Å²) in [7, 11) is 1.52. The molecule has 2 rings (SSSR count). The van der Waals surface area contributed by atoms with Gasteiger partial charge in [0.2, 0.25) is 0 Å². The van der Waals surface area contributed by atoms with Crippen LogP contribution in [-0.4, -0.2) is 30.1 Å². The maximum absolute atomic E-state index is 12.1. The van der Waals surface area contributed by atoms with Crippen LogP contribution in [0.25, 0.3) is 0 Å². The number of halogens is 2. The number of pyridine rings is 1. The fourth-order valence-electron chi connectivity index (χ4n) is 1.79. The van der Waals surface area contributed by atoms with Crippen LogP contribution in [-0.2, 0) is 9.53 Å². The molecule has 8 heteroatoms. The molecule has 0 radical (unpaired) electrons. The minimum Gasteiger partial charge on any atom is -0.496 e. The van der Waals surface area contributed by atoms with E-state index in [9.17, 15) is 9.59 Å². The van der Waals surface area contributed by atoms with Gasteiger partial charge in [0, 0.05) is 6.20 Å². The first-order valence-corrected chi connectivity index (χ1v) is 8.05. The van der Waals surface area contributed by atoms with Crippen LogP contribution < -0.4 is 10.1 Å². The van der Waals surface area contributed by atoms with E-state index in [1.54, 1.807) is 30.3 Å². The van der Waals surface area contributed by atoms with Crippen LogP contribution in [0.2, 0.25) is 5.15 Å². The summed E-state index contributed by atoms with van der Waals surface area (Å²) in [6.45, 7) is 1.47. The van der Waals surface area contributed by atoms with E-state index in [2.05, 4.69) is 26.2 Å². The number of methoxy groups -OCH3 is 1. The lowest BCUT2D eigenvalue weighted by molar-refractivity contribution is -0.123. The van der Waals surface area contributed by atoms with Crippen LogP contribution in [0.15, 0.2) is 41.0 Å². The third-order valence-electron chi connectivity index (χ3n) is 3.06. The van der Waals surface area contributed by atoms with Gasteiger partial charge in [-0.15, -0.1) is 0 Å². The van der Waals surface area contributed by atoms with Crippen molar-refractivity contribution in [3.63, 3.8) is 0 Å². The average Bonchev–Trinajstić information content (AvgIpc) is 2.56. The molecule has 6 nitrogen and oxygen atoms in total. The Morgan fingerprint density at radius 1 is 1.33 bits per heavy atom. The second kappa shape index (κ2) is 8.12. The molecular weight excluding hydrogens is 400 g/mol. The molecule has 1 atom stereocenters. The van der Waals surface area contributed by atoms with Crippen molar-refractivity contribution in [1.82, 2.24) is 4.98 Å². The number of esters is 1. The van der Waals surface area contributed by atoms with Crippen molar-refractivity contribution < 1.29 is 19.1 Å². The van der Waals surface area contributed by atoms with E-state index >= 15 is 0 Å². The zero-order valence-electron chi connectivity index (χ0n) is 12.9. The quantitative estimate of drug-likeness (QED) is 0.597. The molecule has 0 saturated heterocycles. The van der Waals surface area contributed by atoms with E-state index in [1.807, 2.05) is 0 Å². The monoisotopic (exact) mass is 412 g/mol. The smallest absolute Gasteiger partial charge is 0.338 e. The van der Waals surface area contributed by atoms with Crippen LogP contribution in [0.3, 0.4) is 0 Å². The number of hydrogen-bond donors (Lipinski definition) is 1. The molecule has 1 aromatic carbocycles. The summed E-state index contributed by atoms with van der Waals surface area (Å²) in [5, 5.41) is 2.71. The van der Waals surface area contributed by atoms with E-state index < -0.39 is 18.0 Å². The van der Waals surface area contributed by atoms with Gasteiger partial charge < -0.3 is 14.8 Å². The first-order chi connectivity index (χ1) is 11.4. The van der Waals surface area contributed by atoms with Gasteiger partial charge in [0.05, 0.1) is 22.8 Å². The third kappa shape index (κ3) is 4.46. The SMILES string of the molecule is COc1ccc(C(=O)OC(C)C(=O)Nc2cccnc2Cl)cc1Br. The second-order valence-electron chi connectivity index (χ2n) is 4.73. The van der Waals surface area contributed by atoms with Gasteiger partial charge in [-0.25, -0.2) is 9.78 Å². The lowest BCUT2D eigenvalue weighted by atomic mass is 10.2. The van der Waals surface area contributed by atoms with Crippen molar-refractivity contribution in [1.29, 1.82) is 0 Å². The van der Waals surface area contributed by atoms with E-state index in [-0.39, 0.29) is 5.15 Å². The third-order valence-corrected chi connectivity index (χ3v) is 3.98. The molecule has 1 unspecified atom stereocenters. The Bertz CT molecular complexity index is 769. The second-order valence-corrected chi connectivity index (χ2v) is 5.94. The Kier molecular flexibility index (Phi) is 6.16. The summed E-state index contributed by atoms with van der Waals surface area (Å²) in [6.07, 6.45) is 0.498. The number of carbonyl (C=O) groups excluding carboxylic acids is 2. The molecule has 1 N–H and O–H groups in total. The van der Waals surface area contributed by atoms with Crippen molar-refractivity contribution in [2.75, 3.05) is 12.4 Å². The molecule has 1 aromatic heterocycles. The van der Waals surface area contributed by atoms with Crippen LogP contribution in [0.1, 0.15) is 17.3 Å². The molecule has 0 aliphatic rings. The summed E-state index contributed by atoms with van der Waals surface area (Å²) < 4.78 is 10.9. The highest BCUT2D eigenvalue weighted by molar-refractivity contribution is 9.10. The maximum Gasteiger partial charge on any atom is 0.338 e. The number of amides is 1. The van der Waals surface area contributed by atoms with Gasteiger partial charge >= 0.3 is 5.97 Å². The molecule has 0 aliphatic heterocycles. The summed E-state index contributed by atoms with van der Waals surface area (Å²) in [5.41, 5.74) is 0.640. The largest absolute Gasteiger partial charge is 0.496 e. The van der Waals surface area contributed by atoms with Gasteiger partial charge in [0.15, 0.2) is 11.3 Å². The maximum atomic E-state index is 12.1. The van der Waals surface area contributed by atoms with Gasteiger partial charge in [-0.2, -0.15) is 0 Å². The van der Waals surface area contributed by atoms with Crippen LogP contribution in [0.4, 0.5) is 5.69 Å². The minimum absolute atomic E-state index is 0.156. The van der Waals surface area contributed by atoms with Crippen molar-refractivity contribution in [3.05, 3.63) is 51.7 Å². The number of anilines is 1. The van der Waals surface area contributed by atoms with Gasteiger partial charge in [-0.05, 0) is 53.2 Å². The van der Waals surface area contributed by atoms with Crippen molar-refractivity contribution in [2.24, 2.45) is 0 Å². The number of hydrogen-bond acceptors (Lipinski definition) is 5. The van der Waals surface area contributed by atoms with Crippen LogP contribution >= 0.6 is 27.5 Å². The van der Waals surface area contributed by atoms with Crippen LogP contribution in [0.5, 0.6) is 5.75 Å². The summed E-state index contributed by atoms with van der Waals surface area (Å²) >= 11 is 9.16. The summed E-state index contributed by atoms with van der Waals surface area (Å²) in [5.74, 6) is -0.548. The Hall–Kier alpha value is -2.12. The van der Waals surface area contributed by atoms with Gasteiger partial charge in [0.1, 0.15) is 5.75 Å². The first kappa shape index (κ1) is 18.2. The van der Waals surface area contributed by atoms with E-state index in [4.69, 9.17) is 21.1 Å². The van der Waals surface area contributed by atoms with Gasteiger partial charge in [-0.3, -0.25) is 4.79 Å². The number of aromatic nitrogens is 1. The number of carbonyl (C=O) groups is 2. The van der Waals surface area contributed by atoms with E-state index in [1.165, 1.54) is 20.2 Å². The molecule has 0 aliphatic carbocycles. The molecule has 0 saturated carbocycles. The molecule has 0 bridgehead atoms. The molecule has 0 spiro atoms. The fraction of sp³-hybridized carbons (Fsp3) is 0.188. The molecule has 0 fully saturated rings. The normalized spacial score (nSPS) is 11.5. The number of rotatable bonds is 5. The average molecular weight is 414 g/mol. The van der Waals surface area contributed by atoms with E-state index in [0.29, 0.717) is 21.5 Å². The molecule has 1 amide bonds. The number of benzene rings is 1. The van der Waals surface area contributed by atoms with Crippen molar-refractivity contribution >= 4 is 45.1 Å². The van der Waals surface area contributed by atoms with Crippen molar-refractivity contribution in [2.45, 2.75) is 13.0 Å². The van der Waals surface area contributed by atoms with Gasteiger partial charge in [-0.1, -0.05) is 11.6 Å². The Balaban J connectivity index is 2.02. The van der Waals surface area contributed by atoms with Crippen LogP contribution in [0, 0.1) is 0 Å². The highest BCUT2D eigenvalue weighted by atomic mass is 79.9. The predicted octanol–water partition coefficient (Wildman–Crippen LogP) is 3.69. The number of nitrogens with one attached hydrogen (secondary N) is 1.